The normalized spacial score (nSPS) is 18.7. The minimum atomic E-state index is -4.03. The van der Waals surface area contributed by atoms with Crippen LogP contribution in [0.25, 0.3) is 0 Å². The van der Waals surface area contributed by atoms with E-state index in [1.165, 1.54) is 0 Å². The van der Waals surface area contributed by atoms with Crippen molar-refractivity contribution in [1.29, 1.82) is 0 Å². The summed E-state index contributed by atoms with van der Waals surface area (Å²) in [4.78, 5) is 6.48. The Bertz CT molecular complexity index is 701. The molecule has 1 aliphatic rings. The lowest BCUT2D eigenvalue weighted by Gasteiger charge is -2.20. The molecule has 6 heteroatoms. The summed E-state index contributed by atoms with van der Waals surface area (Å²) in [5.41, 5.74) is 2.48. The minimum Gasteiger partial charge on any atom is -0.359 e. The summed E-state index contributed by atoms with van der Waals surface area (Å²) in [5, 5.41) is 0. The highest BCUT2D eigenvalue weighted by atomic mass is 32.2. The van der Waals surface area contributed by atoms with Crippen LogP contribution >= 0.6 is 0 Å². The average molecular weight is 336 g/mol. The quantitative estimate of drug-likeness (QED) is 0.677. The zero-order valence-corrected chi connectivity index (χ0v) is 14.7. The van der Waals surface area contributed by atoms with E-state index in [1.807, 2.05) is 57.2 Å². The SMILES string of the molecule is CC(C)(C)N=C(C=C1CCCN1CS(=O)(=O)O)c1ccccc1. The van der Waals surface area contributed by atoms with Crippen molar-refractivity contribution in [2.45, 2.75) is 39.2 Å². The van der Waals surface area contributed by atoms with Gasteiger partial charge in [0.15, 0.2) is 0 Å². The summed E-state index contributed by atoms with van der Waals surface area (Å²) in [6, 6.07) is 9.84. The number of aliphatic imine (C=N–C) groups is 1. The average Bonchev–Trinajstić information content (AvgIpc) is 2.82. The summed E-state index contributed by atoms with van der Waals surface area (Å²) in [5.74, 6) is -0.365. The van der Waals surface area contributed by atoms with Crippen LogP contribution in [-0.4, -0.2) is 41.5 Å². The van der Waals surface area contributed by atoms with E-state index in [0.29, 0.717) is 6.54 Å². The van der Waals surface area contributed by atoms with Gasteiger partial charge in [-0.15, -0.1) is 0 Å². The van der Waals surface area contributed by atoms with Crippen molar-refractivity contribution in [1.82, 2.24) is 4.90 Å². The number of likely N-dealkylation sites (tertiary alicyclic amines) is 1. The van der Waals surface area contributed by atoms with Crippen LogP contribution in [0, 0.1) is 0 Å². The molecule has 1 heterocycles. The second kappa shape index (κ2) is 6.84. The predicted octanol–water partition coefficient (Wildman–Crippen LogP) is 3.10. The van der Waals surface area contributed by atoms with Gasteiger partial charge in [0.2, 0.25) is 0 Å². The molecule has 1 aliphatic heterocycles. The van der Waals surface area contributed by atoms with E-state index in [0.717, 1.165) is 29.8 Å². The largest absolute Gasteiger partial charge is 0.359 e. The van der Waals surface area contributed by atoms with Crippen molar-refractivity contribution in [3.05, 3.63) is 47.7 Å². The van der Waals surface area contributed by atoms with E-state index in [1.54, 1.807) is 4.90 Å². The zero-order valence-electron chi connectivity index (χ0n) is 13.9. The Kier molecular flexibility index (Phi) is 5.26. The smallest absolute Gasteiger partial charge is 0.283 e. The molecule has 1 fully saturated rings. The maximum absolute atomic E-state index is 11.2. The van der Waals surface area contributed by atoms with Crippen LogP contribution in [-0.2, 0) is 10.1 Å². The molecular weight excluding hydrogens is 312 g/mol. The summed E-state index contributed by atoms with van der Waals surface area (Å²) in [6.45, 7) is 6.71. The van der Waals surface area contributed by atoms with Gasteiger partial charge >= 0.3 is 0 Å². The van der Waals surface area contributed by atoms with Gasteiger partial charge in [0.05, 0.1) is 11.3 Å². The Morgan fingerprint density at radius 2 is 1.96 bits per heavy atom. The third-order valence-electron chi connectivity index (χ3n) is 3.41. The summed E-state index contributed by atoms with van der Waals surface area (Å²) in [6.07, 6.45) is 3.60. The molecule has 1 aromatic carbocycles. The van der Waals surface area contributed by atoms with Crippen LogP contribution in [0.4, 0.5) is 0 Å². The van der Waals surface area contributed by atoms with Crippen molar-refractivity contribution < 1.29 is 13.0 Å². The Balaban J connectivity index is 2.39. The van der Waals surface area contributed by atoms with Crippen LogP contribution in [0.3, 0.4) is 0 Å². The van der Waals surface area contributed by atoms with Gasteiger partial charge in [-0.1, -0.05) is 30.3 Å². The monoisotopic (exact) mass is 336 g/mol. The third kappa shape index (κ3) is 5.80. The summed E-state index contributed by atoms with van der Waals surface area (Å²) < 4.78 is 31.5. The molecule has 1 N–H and O–H groups in total. The van der Waals surface area contributed by atoms with Crippen LogP contribution in [0.2, 0.25) is 0 Å². The molecule has 1 saturated heterocycles. The number of hydrogen-bond donors (Lipinski definition) is 1. The Morgan fingerprint density at radius 3 is 2.52 bits per heavy atom. The van der Waals surface area contributed by atoms with Gasteiger partial charge in [-0.3, -0.25) is 9.55 Å². The molecule has 0 saturated carbocycles. The molecule has 0 bridgehead atoms. The highest BCUT2D eigenvalue weighted by molar-refractivity contribution is 7.85. The number of nitrogens with zero attached hydrogens (tertiary/aromatic N) is 2. The Hall–Kier alpha value is -1.66. The van der Waals surface area contributed by atoms with Gasteiger partial charge < -0.3 is 4.90 Å². The highest BCUT2D eigenvalue weighted by Crippen LogP contribution is 2.23. The summed E-state index contributed by atoms with van der Waals surface area (Å²) >= 11 is 0. The van der Waals surface area contributed by atoms with E-state index in [9.17, 15) is 8.42 Å². The van der Waals surface area contributed by atoms with Gasteiger partial charge in [-0.2, -0.15) is 8.42 Å². The van der Waals surface area contributed by atoms with Crippen LogP contribution in [0.1, 0.15) is 39.2 Å². The molecule has 1 aromatic rings. The first-order valence-electron chi connectivity index (χ1n) is 7.70. The molecule has 5 nitrogen and oxygen atoms in total. The van der Waals surface area contributed by atoms with Gasteiger partial charge in [-0.25, -0.2) is 0 Å². The maximum Gasteiger partial charge on any atom is 0.283 e. The number of rotatable bonds is 4. The van der Waals surface area contributed by atoms with Crippen molar-refractivity contribution in [3.8, 4) is 0 Å². The van der Waals surface area contributed by atoms with E-state index < -0.39 is 10.1 Å². The molecule has 0 spiro atoms. The molecule has 23 heavy (non-hydrogen) atoms. The number of benzene rings is 1. The van der Waals surface area contributed by atoms with Crippen molar-refractivity contribution in [2.24, 2.45) is 4.99 Å². The fourth-order valence-corrected chi connectivity index (χ4v) is 3.26. The molecule has 126 valence electrons. The molecule has 2 rings (SSSR count). The standard InChI is InChI=1S/C17H24N2O3S/c1-17(2,3)18-16(14-8-5-4-6-9-14)12-15-10-7-11-19(15)13-23(20,21)22/h4-6,8-9,12H,7,10-11,13H2,1-3H3,(H,20,21,22). The second-order valence-corrected chi connectivity index (χ2v) is 8.17. The van der Waals surface area contributed by atoms with Crippen LogP contribution in [0.5, 0.6) is 0 Å². The first-order chi connectivity index (χ1) is 10.6. The van der Waals surface area contributed by atoms with Gasteiger partial charge in [-0.05, 0) is 45.3 Å². The molecule has 0 aliphatic carbocycles. The molecule has 0 radical (unpaired) electrons. The molecule has 0 atom stereocenters. The zero-order chi connectivity index (χ0) is 17.1. The van der Waals surface area contributed by atoms with E-state index in [-0.39, 0.29) is 11.4 Å². The van der Waals surface area contributed by atoms with Crippen molar-refractivity contribution >= 4 is 15.8 Å². The number of allylic oxidation sites excluding steroid dienone is 2. The topological polar surface area (TPSA) is 70.0 Å². The molecular formula is C17H24N2O3S. The van der Waals surface area contributed by atoms with Gasteiger partial charge in [0.1, 0.15) is 5.88 Å². The Labute approximate surface area is 138 Å². The third-order valence-corrected chi connectivity index (χ3v) is 4.05. The molecule has 0 aromatic heterocycles. The fourth-order valence-electron chi connectivity index (χ4n) is 2.57. The predicted molar refractivity (Wildman–Crippen MR) is 93.2 cm³/mol. The van der Waals surface area contributed by atoms with Crippen LogP contribution < -0.4 is 0 Å². The highest BCUT2D eigenvalue weighted by Gasteiger charge is 2.22. The lowest BCUT2D eigenvalue weighted by molar-refractivity contribution is 0.407. The second-order valence-electron chi connectivity index (χ2n) is 6.75. The maximum atomic E-state index is 11.2. The Morgan fingerprint density at radius 1 is 1.30 bits per heavy atom. The number of hydrogen-bond acceptors (Lipinski definition) is 4. The van der Waals surface area contributed by atoms with Crippen molar-refractivity contribution in [2.75, 3.05) is 12.4 Å². The van der Waals surface area contributed by atoms with Crippen molar-refractivity contribution in [3.63, 3.8) is 0 Å². The summed E-state index contributed by atoms with van der Waals surface area (Å²) in [7, 11) is -4.03. The van der Waals surface area contributed by atoms with Gasteiger partial charge in [0, 0.05) is 12.2 Å². The van der Waals surface area contributed by atoms with Gasteiger partial charge in [0.25, 0.3) is 10.1 Å². The first-order valence-corrected chi connectivity index (χ1v) is 9.31. The van der Waals surface area contributed by atoms with E-state index in [2.05, 4.69) is 0 Å². The minimum absolute atomic E-state index is 0.241. The lowest BCUT2D eigenvalue weighted by Crippen LogP contribution is -2.26. The van der Waals surface area contributed by atoms with E-state index in [4.69, 9.17) is 9.55 Å². The lowest BCUT2D eigenvalue weighted by atomic mass is 10.1. The molecule has 0 unspecified atom stereocenters. The molecule has 0 amide bonds. The van der Waals surface area contributed by atoms with Crippen LogP contribution in [0.15, 0.2) is 47.1 Å². The van der Waals surface area contributed by atoms with E-state index >= 15 is 0 Å². The fraction of sp³-hybridized carbons (Fsp3) is 0.471. The first kappa shape index (κ1) is 17.7.